The fraction of sp³-hybridized carbons (Fsp3) is 0.600. The van der Waals surface area contributed by atoms with Gasteiger partial charge in [-0.15, -0.1) is 0 Å². The largest absolute Gasteiger partial charge is 0.310 e. The van der Waals surface area contributed by atoms with Crippen molar-refractivity contribution in [3.63, 3.8) is 0 Å². The molecule has 96 valence electrons. The standard InChI is InChI=1S/C15H24FN/c1-5-17-14(10-11-15(2,3)4)12-8-6-7-9-13(12)16/h6-9,14,17H,5,10-11H2,1-4H3. The van der Waals surface area contributed by atoms with Crippen LogP contribution >= 0.6 is 0 Å². The molecule has 1 rings (SSSR count). The van der Waals surface area contributed by atoms with E-state index in [0.717, 1.165) is 24.9 Å². The summed E-state index contributed by atoms with van der Waals surface area (Å²) in [4.78, 5) is 0. The van der Waals surface area contributed by atoms with E-state index in [0.29, 0.717) is 5.41 Å². The fourth-order valence-electron chi connectivity index (χ4n) is 1.95. The van der Waals surface area contributed by atoms with Gasteiger partial charge in [-0.3, -0.25) is 0 Å². The van der Waals surface area contributed by atoms with Gasteiger partial charge in [0.15, 0.2) is 0 Å². The van der Waals surface area contributed by atoms with E-state index < -0.39 is 0 Å². The van der Waals surface area contributed by atoms with Crippen molar-refractivity contribution in [2.24, 2.45) is 5.41 Å². The highest BCUT2D eigenvalue weighted by molar-refractivity contribution is 5.21. The Hall–Kier alpha value is -0.890. The Morgan fingerprint density at radius 2 is 1.88 bits per heavy atom. The first-order valence-corrected chi connectivity index (χ1v) is 6.42. The summed E-state index contributed by atoms with van der Waals surface area (Å²) in [5.74, 6) is -0.104. The third-order valence-corrected chi connectivity index (χ3v) is 2.91. The molecule has 0 saturated carbocycles. The van der Waals surface area contributed by atoms with Crippen LogP contribution in [0.4, 0.5) is 4.39 Å². The molecule has 1 N–H and O–H groups in total. The molecule has 0 amide bonds. The Labute approximate surface area is 104 Å². The first-order valence-electron chi connectivity index (χ1n) is 6.42. The maximum absolute atomic E-state index is 13.7. The van der Waals surface area contributed by atoms with Gasteiger partial charge in [-0.1, -0.05) is 45.9 Å². The highest BCUT2D eigenvalue weighted by Gasteiger charge is 2.18. The average Bonchev–Trinajstić information content (AvgIpc) is 2.24. The summed E-state index contributed by atoms with van der Waals surface area (Å²) in [6, 6.07) is 7.19. The molecule has 0 aliphatic heterocycles. The number of nitrogens with one attached hydrogen (secondary N) is 1. The molecule has 0 saturated heterocycles. The first-order chi connectivity index (χ1) is 7.94. The zero-order valence-electron chi connectivity index (χ0n) is 11.4. The molecule has 0 heterocycles. The van der Waals surface area contributed by atoms with Crippen LogP contribution in [0, 0.1) is 11.2 Å². The zero-order chi connectivity index (χ0) is 12.9. The lowest BCUT2D eigenvalue weighted by Gasteiger charge is -2.24. The molecule has 0 spiro atoms. The van der Waals surface area contributed by atoms with Crippen molar-refractivity contribution >= 4 is 0 Å². The van der Waals surface area contributed by atoms with Crippen molar-refractivity contribution in [1.82, 2.24) is 5.32 Å². The zero-order valence-corrected chi connectivity index (χ0v) is 11.4. The molecule has 0 aliphatic rings. The summed E-state index contributed by atoms with van der Waals surface area (Å²) >= 11 is 0. The molecule has 0 bridgehead atoms. The Bertz CT molecular complexity index is 341. The molecular formula is C15H24FN. The average molecular weight is 237 g/mol. The third-order valence-electron chi connectivity index (χ3n) is 2.91. The van der Waals surface area contributed by atoms with Crippen LogP contribution in [0.1, 0.15) is 52.1 Å². The molecule has 0 fully saturated rings. The lowest BCUT2D eigenvalue weighted by atomic mass is 9.87. The van der Waals surface area contributed by atoms with E-state index in [1.165, 1.54) is 6.07 Å². The summed E-state index contributed by atoms with van der Waals surface area (Å²) in [5, 5.41) is 3.37. The molecule has 1 unspecified atom stereocenters. The van der Waals surface area contributed by atoms with Gasteiger partial charge in [-0.25, -0.2) is 4.39 Å². The molecule has 1 atom stereocenters. The van der Waals surface area contributed by atoms with E-state index in [1.807, 2.05) is 12.1 Å². The van der Waals surface area contributed by atoms with Gasteiger partial charge in [0.1, 0.15) is 5.82 Å². The Morgan fingerprint density at radius 1 is 1.24 bits per heavy atom. The number of halogens is 1. The third kappa shape index (κ3) is 4.86. The molecule has 0 aromatic heterocycles. The van der Waals surface area contributed by atoms with Crippen LogP contribution in [0.3, 0.4) is 0 Å². The van der Waals surface area contributed by atoms with Crippen LogP contribution in [-0.2, 0) is 0 Å². The first kappa shape index (κ1) is 14.2. The summed E-state index contributed by atoms with van der Waals surface area (Å²) in [6.07, 6.45) is 2.05. The van der Waals surface area contributed by atoms with Crippen molar-refractivity contribution < 1.29 is 4.39 Å². The summed E-state index contributed by atoms with van der Waals surface area (Å²) in [6.45, 7) is 9.58. The van der Waals surface area contributed by atoms with Crippen molar-refractivity contribution in [3.05, 3.63) is 35.6 Å². The minimum atomic E-state index is -0.104. The van der Waals surface area contributed by atoms with E-state index in [-0.39, 0.29) is 11.9 Å². The second-order valence-electron chi connectivity index (χ2n) is 5.73. The minimum Gasteiger partial charge on any atom is -0.310 e. The van der Waals surface area contributed by atoms with Gasteiger partial charge in [0.25, 0.3) is 0 Å². The topological polar surface area (TPSA) is 12.0 Å². The van der Waals surface area contributed by atoms with Crippen LogP contribution in [-0.4, -0.2) is 6.54 Å². The number of hydrogen-bond acceptors (Lipinski definition) is 1. The summed E-state index contributed by atoms with van der Waals surface area (Å²) < 4.78 is 13.7. The van der Waals surface area contributed by atoms with E-state index in [9.17, 15) is 4.39 Å². The monoisotopic (exact) mass is 237 g/mol. The van der Waals surface area contributed by atoms with Gasteiger partial charge in [0.05, 0.1) is 0 Å². The summed E-state index contributed by atoms with van der Waals surface area (Å²) in [5.41, 5.74) is 1.08. The van der Waals surface area contributed by atoms with E-state index >= 15 is 0 Å². The highest BCUT2D eigenvalue weighted by Crippen LogP contribution is 2.28. The molecule has 1 aromatic carbocycles. The van der Waals surface area contributed by atoms with Gasteiger partial charge in [0, 0.05) is 11.6 Å². The molecule has 1 nitrogen and oxygen atoms in total. The normalized spacial score (nSPS) is 13.7. The quantitative estimate of drug-likeness (QED) is 0.805. The molecule has 17 heavy (non-hydrogen) atoms. The van der Waals surface area contributed by atoms with Crippen LogP contribution in [0.15, 0.2) is 24.3 Å². The number of rotatable bonds is 5. The molecule has 1 aromatic rings. The molecule has 0 radical (unpaired) electrons. The number of benzene rings is 1. The van der Waals surface area contributed by atoms with Crippen molar-refractivity contribution in [1.29, 1.82) is 0 Å². The van der Waals surface area contributed by atoms with Gasteiger partial charge in [0.2, 0.25) is 0 Å². The van der Waals surface area contributed by atoms with Crippen LogP contribution < -0.4 is 5.32 Å². The van der Waals surface area contributed by atoms with E-state index in [2.05, 4.69) is 33.0 Å². The molecule has 0 aliphatic carbocycles. The van der Waals surface area contributed by atoms with Crippen molar-refractivity contribution in [2.75, 3.05) is 6.54 Å². The Kier molecular flexibility index (Phi) is 5.13. The SMILES string of the molecule is CCNC(CCC(C)(C)C)c1ccccc1F. The van der Waals surface area contributed by atoms with Gasteiger partial charge >= 0.3 is 0 Å². The Morgan fingerprint density at radius 3 is 2.41 bits per heavy atom. The summed E-state index contributed by atoms with van der Waals surface area (Å²) in [7, 11) is 0. The van der Waals surface area contributed by atoms with Crippen LogP contribution in [0.2, 0.25) is 0 Å². The van der Waals surface area contributed by atoms with Gasteiger partial charge < -0.3 is 5.32 Å². The predicted octanol–water partition coefficient (Wildman–Crippen LogP) is 4.30. The highest BCUT2D eigenvalue weighted by atomic mass is 19.1. The fourth-order valence-corrected chi connectivity index (χ4v) is 1.95. The molecular weight excluding hydrogens is 213 g/mol. The van der Waals surface area contributed by atoms with Crippen molar-refractivity contribution in [2.45, 2.75) is 46.6 Å². The Balaban J connectivity index is 2.75. The smallest absolute Gasteiger partial charge is 0.127 e. The van der Waals surface area contributed by atoms with Crippen molar-refractivity contribution in [3.8, 4) is 0 Å². The number of hydrogen-bond donors (Lipinski definition) is 1. The molecule has 2 heteroatoms. The lowest BCUT2D eigenvalue weighted by Crippen LogP contribution is -2.23. The van der Waals surface area contributed by atoms with E-state index in [4.69, 9.17) is 0 Å². The second-order valence-corrected chi connectivity index (χ2v) is 5.73. The van der Waals surface area contributed by atoms with Crippen LogP contribution in [0.5, 0.6) is 0 Å². The maximum Gasteiger partial charge on any atom is 0.127 e. The minimum absolute atomic E-state index is 0.104. The maximum atomic E-state index is 13.7. The van der Waals surface area contributed by atoms with E-state index in [1.54, 1.807) is 6.07 Å². The lowest BCUT2D eigenvalue weighted by molar-refractivity contribution is 0.330. The van der Waals surface area contributed by atoms with Gasteiger partial charge in [-0.2, -0.15) is 0 Å². The van der Waals surface area contributed by atoms with Gasteiger partial charge in [-0.05, 0) is 30.9 Å². The predicted molar refractivity (Wildman–Crippen MR) is 71.5 cm³/mol. The second kappa shape index (κ2) is 6.15. The van der Waals surface area contributed by atoms with Crippen LogP contribution in [0.25, 0.3) is 0 Å².